The van der Waals surface area contributed by atoms with E-state index in [1.165, 1.54) is 0 Å². The fourth-order valence-electron chi connectivity index (χ4n) is 1.67. The van der Waals surface area contributed by atoms with E-state index >= 15 is 0 Å². The van der Waals surface area contributed by atoms with Crippen LogP contribution in [0.25, 0.3) is 0 Å². The second-order valence-electron chi connectivity index (χ2n) is 4.10. The van der Waals surface area contributed by atoms with Gasteiger partial charge in [0.25, 0.3) is 0 Å². The number of nitriles is 1. The van der Waals surface area contributed by atoms with Gasteiger partial charge < -0.3 is 10.1 Å². The molecule has 4 heteroatoms. The molecule has 0 aliphatic carbocycles. The number of aryl methyl sites for hydroxylation is 1. The fourth-order valence-corrected chi connectivity index (χ4v) is 1.67. The molecule has 0 unspecified atom stereocenters. The monoisotopic (exact) mass is 253 g/mol. The van der Waals surface area contributed by atoms with Gasteiger partial charge in [-0.2, -0.15) is 5.26 Å². The van der Waals surface area contributed by atoms with Crippen LogP contribution >= 0.6 is 0 Å². The van der Waals surface area contributed by atoms with Crippen molar-refractivity contribution in [2.75, 3.05) is 11.9 Å². The van der Waals surface area contributed by atoms with Crippen molar-refractivity contribution in [2.45, 2.75) is 13.5 Å². The summed E-state index contributed by atoms with van der Waals surface area (Å²) in [5, 5.41) is 11.8. The molecule has 4 nitrogen and oxygen atoms in total. The molecule has 0 amide bonds. The fraction of sp³-hybridized carbons (Fsp3) is 0.200. The second kappa shape index (κ2) is 6.41. The highest BCUT2D eigenvalue weighted by molar-refractivity contribution is 5.43. The van der Waals surface area contributed by atoms with E-state index in [1.807, 2.05) is 49.4 Å². The topological polar surface area (TPSA) is 57.9 Å². The molecular formula is C15H15N3O. The van der Waals surface area contributed by atoms with Gasteiger partial charge in [0.2, 0.25) is 0 Å². The molecule has 19 heavy (non-hydrogen) atoms. The largest absolute Gasteiger partial charge is 0.478 e. The maximum absolute atomic E-state index is 8.55. The zero-order valence-electron chi connectivity index (χ0n) is 10.8. The first kappa shape index (κ1) is 12.9. The van der Waals surface area contributed by atoms with Crippen LogP contribution in [0.2, 0.25) is 0 Å². The van der Waals surface area contributed by atoms with Gasteiger partial charge in [-0.05, 0) is 25.1 Å². The lowest BCUT2D eigenvalue weighted by atomic mass is 10.2. The number of para-hydroxylation sites is 1. The molecule has 1 aromatic heterocycles. The number of ether oxygens (including phenoxy) is 1. The summed E-state index contributed by atoms with van der Waals surface area (Å²) >= 11 is 0. The van der Waals surface area contributed by atoms with Crippen LogP contribution in [0, 0.1) is 18.3 Å². The standard InChI is InChI=1S/C15H15N3O/c1-12-6-7-14(11-17-12)18-10-13-4-2-3-5-15(13)19-9-8-16/h2-7,11,18H,9-10H2,1H3. The van der Waals surface area contributed by atoms with Crippen LogP contribution < -0.4 is 10.1 Å². The Morgan fingerprint density at radius 1 is 1.26 bits per heavy atom. The van der Waals surface area contributed by atoms with E-state index in [-0.39, 0.29) is 6.61 Å². The molecule has 0 fully saturated rings. The van der Waals surface area contributed by atoms with Gasteiger partial charge in [-0.15, -0.1) is 0 Å². The van der Waals surface area contributed by atoms with E-state index < -0.39 is 0 Å². The number of pyridine rings is 1. The second-order valence-corrected chi connectivity index (χ2v) is 4.10. The van der Waals surface area contributed by atoms with Crippen LogP contribution in [-0.4, -0.2) is 11.6 Å². The molecule has 2 aromatic rings. The third-order valence-corrected chi connectivity index (χ3v) is 2.66. The van der Waals surface area contributed by atoms with E-state index in [9.17, 15) is 0 Å². The maximum atomic E-state index is 8.55. The van der Waals surface area contributed by atoms with E-state index in [1.54, 1.807) is 6.20 Å². The minimum absolute atomic E-state index is 0.0586. The highest BCUT2D eigenvalue weighted by atomic mass is 16.5. The number of nitrogens with zero attached hydrogens (tertiary/aromatic N) is 2. The minimum Gasteiger partial charge on any atom is -0.478 e. The van der Waals surface area contributed by atoms with Crippen LogP contribution in [0.5, 0.6) is 5.75 Å². The predicted octanol–water partition coefficient (Wildman–Crippen LogP) is 2.90. The van der Waals surface area contributed by atoms with Gasteiger partial charge in [-0.25, -0.2) is 0 Å². The molecular weight excluding hydrogens is 238 g/mol. The van der Waals surface area contributed by atoms with Crippen molar-refractivity contribution in [3.05, 3.63) is 53.9 Å². The van der Waals surface area contributed by atoms with Gasteiger partial charge >= 0.3 is 0 Å². The van der Waals surface area contributed by atoms with Gasteiger partial charge in [0.05, 0.1) is 11.9 Å². The lowest BCUT2D eigenvalue weighted by Gasteiger charge is -2.11. The van der Waals surface area contributed by atoms with Crippen molar-refractivity contribution in [1.82, 2.24) is 4.98 Å². The molecule has 96 valence electrons. The predicted molar refractivity (Wildman–Crippen MR) is 73.9 cm³/mol. The number of aromatic nitrogens is 1. The Morgan fingerprint density at radius 3 is 2.84 bits per heavy atom. The van der Waals surface area contributed by atoms with Gasteiger partial charge in [0.15, 0.2) is 6.61 Å². The van der Waals surface area contributed by atoms with Gasteiger partial charge in [-0.3, -0.25) is 4.98 Å². The summed E-state index contributed by atoms with van der Waals surface area (Å²) in [4.78, 5) is 4.23. The van der Waals surface area contributed by atoms with E-state index in [0.29, 0.717) is 6.54 Å². The summed E-state index contributed by atoms with van der Waals surface area (Å²) in [6, 6.07) is 13.6. The van der Waals surface area contributed by atoms with Crippen molar-refractivity contribution in [3.63, 3.8) is 0 Å². The van der Waals surface area contributed by atoms with Crippen molar-refractivity contribution in [2.24, 2.45) is 0 Å². The number of nitrogens with one attached hydrogen (secondary N) is 1. The lowest BCUT2D eigenvalue weighted by Crippen LogP contribution is -2.03. The van der Waals surface area contributed by atoms with Crippen molar-refractivity contribution in [3.8, 4) is 11.8 Å². The number of benzene rings is 1. The Labute approximate surface area is 112 Å². The Bertz CT molecular complexity index is 573. The van der Waals surface area contributed by atoms with Gasteiger partial charge in [0, 0.05) is 17.8 Å². The Morgan fingerprint density at radius 2 is 2.11 bits per heavy atom. The summed E-state index contributed by atoms with van der Waals surface area (Å²) in [6.45, 7) is 2.64. The van der Waals surface area contributed by atoms with Crippen LogP contribution in [0.15, 0.2) is 42.6 Å². The highest BCUT2D eigenvalue weighted by Crippen LogP contribution is 2.19. The minimum atomic E-state index is 0.0586. The average molecular weight is 253 g/mol. The molecule has 0 spiro atoms. The molecule has 0 aliphatic heterocycles. The van der Waals surface area contributed by atoms with Crippen molar-refractivity contribution < 1.29 is 4.74 Å². The van der Waals surface area contributed by atoms with Crippen LogP contribution in [0.3, 0.4) is 0 Å². The zero-order valence-corrected chi connectivity index (χ0v) is 10.8. The Hall–Kier alpha value is -2.54. The van der Waals surface area contributed by atoms with Crippen LogP contribution in [-0.2, 0) is 6.54 Å². The van der Waals surface area contributed by atoms with Crippen molar-refractivity contribution >= 4 is 5.69 Å². The van der Waals surface area contributed by atoms with E-state index in [2.05, 4.69) is 10.3 Å². The number of hydrogen-bond acceptors (Lipinski definition) is 4. The molecule has 0 aliphatic rings. The lowest BCUT2D eigenvalue weighted by molar-refractivity contribution is 0.364. The van der Waals surface area contributed by atoms with Gasteiger partial charge in [-0.1, -0.05) is 18.2 Å². The first-order chi connectivity index (χ1) is 9.29. The summed E-state index contributed by atoms with van der Waals surface area (Å²) < 4.78 is 5.38. The Kier molecular flexibility index (Phi) is 4.35. The molecule has 0 saturated heterocycles. The molecule has 2 rings (SSSR count). The van der Waals surface area contributed by atoms with E-state index in [0.717, 1.165) is 22.7 Å². The third-order valence-electron chi connectivity index (χ3n) is 2.66. The summed E-state index contributed by atoms with van der Waals surface area (Å²) in [5.41, 5.74) is 2.96. The molecule has 0 radical (unpaired) electrons. The quantitative estimate of drug-likeness (QED) is 0.890. The summed E-state index contributed by atoms with van der Waals surface area (Å²) in [5.74, 6) is 0.733. The third kappa shape index (κ3) is 3.71. The number of rotatable bonds is 5. The maximum Gasteiger partial charge on any atom is 0.174 e. The normalized spacial score (nSPS) is 9.68. The zero-order chi connectivity index (χ0) is 13.5. The molecule has 0 bridgehead atoms. The molecule has 0 saturated carbocycles. The van der Waals surface area contributed by atoms with Gasteiger partial charge in [0.1, 0.15) is 11.8 Å². The van der Waals surface area contributed by atoms with E-state index in [4.69, 9.17) is 10.00 Å². The first-order valence-corrected chi connectivity index (χ1v) is 6.04. The van der Waals surface area contributed by atoms with Crippen molar-refractivity contribution in [1.29, 1.82) is 5.26 Å². The SMILES string of the molecule is Cc1ccc(NCc2ccccc2OCC#N)cn1. The molecule has 1 aromatic carbocycles. The molecule has 1 N–H and O–H groups in total. The Balaban J connectivity index is 2.03. The molecule has 1 heterocycles. The molecule has 0 atom stereocenters. The highest BCUT2D eigenvalue weighted by Gasteiger charge is 2.02. The number of hydrogen-bond donors (Lipinski definition) is 1. The summed E-state index contributed by atoms with van der Waals surface area (Å²) in [7, 11) is 0. The first-order valence-electron chi connectivity index (χ1n) is 6.04. The summed E-state index contributed by atoms with van der Waals surface area (Å²) in [6.07, 6.45) is 1.80. The average Bonchev–Trinajstić information content (AvgIpc) is 2.45. The number of anilines is 1. The smallest absolute Gasteiger partial charge is 0.174 e. The van der Waals surface area contributed by atoms with Crippen LogP contribution in [0.4, 0.5) is 5.69 Å². The van der Waals surface area contributed by atoms with Crippen LogP contribution in [0.1, 0.15) is 11.3 Å².